The molecule has 3 aliphatic carbocycles. The fourth-order valence-electron chi connectivity index (χ4n) is 8.19. The van der Waals surface area contributed by atoms with Crippen LogP contribution in [0, 0.1) is 5.92 Å². The molecular formula is C29H30ClN3O4. The van der Waals surface area contributed by atoms with Crippen molar-refractivity contribution in [2.45, 2.75) is 67.7 Å². The number of para-hydroxylation sites is 1. The molecule has 1 spiro atoms. The van der Waals surface area contributed by atoms with Crippen molar-refractivity contribution in [3.8, 4) is 11.5 Å². The van der Waals surface area contributed by atoms with Gasteiger partial charge in [0.25, 0.3) is 5.91 Å². The maximum absolute atomic E-state index is 13.6. The highest BCUT2D eigenvalue weighted by atomic mass is 35.5. The van der Waals surface area contributed by atoms with Crippen LogP contribution in [0.1, 0.15) is 53.6 Å². The van der Waals surface area contributed by atoms with E-state index in [1.807, 2.05) is 24.3 Å². The predicted octanol–water partition coefficient (Wildman–Crippen LogP) is 3.89. The van der Waals surface area contributed by atoms with E-state index in [9.17, 15) is 15.0 Å². The minimum atomic E-state index is -0.967. The summed E-state index contributed by atoms with van der Waals surface area (Å²) in [6.07, 6.45) is 4.80. The molecule has 37 heavy (non-hydrogen) atoms. The second-order valence-corrected chi connectivity index (χ2v) is 12.2. The van der Waals surface area contributed by atoms with Crippen LogP contribution in [0.4, 0.5) is 0 Å². The molecule has 192 valence electrons. The van der Waals surface area contributed by atoms with Gasteiger partial charge in [0.2, 0.25) is 0 Å². The topological polar surface area (TPSA) is 97.8 Å². The molecule has 5 atom stereocenters. The summed E-state index contributed by atoms with van der Waals surface area (Å²) in [5.41, 5.74) is 1.74. The molecule has 2 saturated carbocycles. The number of amides is 1. The number of aliphatic hydroxyl groups is 1. The van der Waals surface area contributed by atoms with Gasteiger partial charge in [-0.15, -0.1) is 0 Å². The maximum atomic E-state index is 13.6. The van der Waals surface area contributed by atoms with Gasteiger partial charge < -0.3 is 25.3 Å². The Kier molecular flexibility index (Phi) is 4.47. The molecule has 3 heterocycles. The number of carbonyl (C=O) groups excluding carboxylic acids is 1. The van der Waals surface area contributed by atoms with Crippen molar-refractivity contribution >= 4 is 28.4 Å². The van der Waals surface area contributed by atoms with Gasteiger partial charge >= 0.3 is 0 Å². The van der Waals surface area contributed by atoms with Crippen LogP contribution in [0.2, 0.25) is 5.15 Å². The number of aromatic hydroxyl groups is 1. The van der Waals surface area contributed by atoms with Crippen molar-refractivity contribution in [2.24, 2.45) is 5.92 Å². The Morgan fingerprint density at radius 3 is 2.92 bits per heavy atom. The summed E-state index contributed by atoms with van der Waals surface area (Å²) < 4.78 is 6.57. The number of H-pyrrole nitrogens is 1. The number of carbonyl (C=O) groups is 1. The maximum Gasteiger partial charge on any atom is 0.253 e. The Morgan fingerprint density at radius 1 is 1.22 bits per heavy atom. The lowest BCUT2D eigenvalue weighted by Crippen LogP contribution is -2.78. The number of nitrogens with zero attached hydrogens (tertiary/aromatic N) is 1. The smallest absolute Gasteiger partial charge is 0.253 e. The number of phenolic OH excluding ortho intramolecular Hbond substituents is 1. The zero-order valence-electron chi connectivity index (χ0n) is 20.5. The molecule has 3 fully saturated rings. The molecule has 2 aliphatic heterocycles. The van der Waals surface area contributed by atoms with Gasteiger partial charge in [-0.3, -0.25) is 9.69 Å². The highest BCUT2D eigenvalue weighted by Crippen LogP contribution is 2.65. The third-order valence-corrected chi connectivity index (χ3v) is 10.2. The highest BCUT2D eigenvalue weighted by molar-refractivity contribution is 6.31. The lowest BCUT2D eigenvalue weighted by atomic mass is 9.48. The monoisotopic (exact) mass is 519 g/mol. The number of fused-ring (bicyclic) bond motifs is 1. The Bertz CT molecular complexity index is 1470. The Hall–Kier alpha value is -2.74. The first-order chi connectivity index (χ1) is 17.9. The van der Waals surface area contributed by atoms with Crippen molar-refractivity contribution in [1.29, 1.82) is 0 Å². The molecule has 1 amide bonds. The van der Waals surface area contributed by atoms with Gasteiger partial charge in [0.05, 0.1) is 28.1 Å². The largest absolute Gasteiger partial charge is 0.504 e. The Balaban J connectivity index is 1.20. The van der Waals surface area contributed by atoms with Gasteiger partial charge in [0, 0.05) is 23.5 Å². The number of aromatic nitrogens is 1. The van der Waals surface area contributed by atoms with Crippen molar-refractivity contribution in [3.63, 3.8) is 0 Å². The lowest BCUT2D eigenvalue weighted by Gasteiger charge is -2.64. The number of aromatic amines is 1. The van der Waals surface area contributed by atoms with E-state index in [0.29, 0.717) is 34.8 Å². The number of phenols is 1. The lowest BCUT2D eigenvalue weighted by molar-refractivity contribution is -0.191. The molecule has 4 N–H and O–H groups in total. The standard InChI is InChI=1S/C29H30ClN3O4/c30-22-13-17-2-1-3-18(24(17)32-22)27(35)31-19-8-9-29(36)21-12-16-6-7-20(34)25-23(16)28(29,26(19)37-25)10-11-33(21)14-15-4-5-15/h1-3,6-7,13,15,19,21,26,32,34,36H,4-5,8-12,14H2,(H,31,35)/t19-,21+,26-,28-,29+/m0/s1. The summed E-state index contributed by atoms with van der Waals surface area (Å²) in [6, 6.07) is 10.8. The van der Waals surface area contributed by atoms with Gasteiger partial charge in [0.1, 0.15) is 11.3 Å². The average Bonchev–Trinajstić information content (AvgIpc) is 3.49. The molecule has 5 aliphatic rings. The second kappa shape index (κ2) is 7.43. The van der Waals surface area contributed by atoms with E-state index >= 15 is 0 Å². The van der Waals surface area contributed by atoms with Crippen molar-refractivity contribution < 1.29 is 19.7 Å². The number of piperidine rings is 1. The fraction of sp³-hybridized carbons (Fsp3) is 0.483. The number of hydrogen-bond acceptors (Lipinski definition) is 5. The van der Waals surface area contributed by atoms with Crippen molar-refractivity contribution in [1.82, 2.24) is 15.2 Å². The van der Waals surface area contributed by atoms with Crippen LogP contribution < -0.4 is 10.1 Å². The number of halogens is 1. The number of likely N-dealkylation sites (tertiary alicyclic amines) is 1. The second-order valence-electron chi connectivity index (χ2n) is 11.8. The number of ether oxygens (including phenoxy) is 1. The molecule has 0 unspecified atom stereocenters. The molecule has 2 bridgehead atoms. The molecule has 3 aromatic rings. The van der Waals surface area contributed by atoms with Gasteiger partial charge in [-0.05, 0) is 74.8 Å². The first kappa shape index (κ1) is 22.3. The average molecular weight is 520 g/mol. The summed E-state index contributed by atoms with van der Waals surface area (Å²) in [6.45, 7) is 1.93. The number of nitrogens with one attached hydrogen (secondary N) is 2. The normalized spacial score (nSPS) is 33.7. The third kappa shape index (κ3) is 2.88. The summed E-state index contributed by atoms with van der Waals surface area (Å²) >= 11 is 6.19. The van der Waals surface area contributed by atoms with Crippen LogP contribution in [0.15, 0.2) is 36.4 Å². The summed E-state index contributed by atoms with van der Waals surface area (Å²) in [7, 11) is 0. The summed E-state index contributed by atoms with van der Waals surface area (Å²) in [5.74, 6) is 1.15. The zero-order valence-corrected chi connectivity index (χ0v) is 21.2. The number of rotatable bonds is 4. The minimum Gasteiger partial charge on any atom is -0.504 e. The molecule has 8 heteroatoms. The SMILES string of the molecule is O=C(N[C@H]1CC[C@@]2(O)[C@H]3Cc4ccc(O)c5c4[C@@]2(CCN3CC2CC2)[C@H]1O5)c1cccc2cc(Cl)[nH]c12. The van der Waals surface area contributed by atoms with Crippen molar-refractivity contribution in [3.05, 3.63) is 58.2 Å². The van der Waals surface area contributed by atoms with Gasteiger partial charge in [-0.25, -0.2) is 0 Å². The molecule has 7 nitrogen and oxygen atoms in total. The van der Waals surface area contributed by atoms with Gasteiger partial charge in [0.15, 0.2) is 11.5 Å². The molecule has 1 aromatic heterocycles. The third-order valence-electron chi connectivity index (χ3n) is 9.95. The van der Waals surface area contributed by atoms with Crippen molar-refractivity contribution in [2.75, 3.05) is 13.1 Å². The predicted molar refractivity (Wildman–Crippen MR) is 139 cm³/mol. The van der Waals surface area contributed by atoms with Crippen LogP contribution in [-0.2, 0) is 11.8 Å². The van der Waals surface area contributed by atoms with Crippen LogP contribution in [0.3, 0.4) is 0 Å². The van der Waals surface area contributed by atoms with Crippen LogP contribution >= 0.6 is 11.6 Å². The van der Waals surface area contributed by atoms with Crippen LogP contribution in [0.25, 0.3) is 10.9 Å². The summed E-state index contributed by atoms with van der Waals surface area (Å²) in [5, 5.41) is 28.0. The Labute approximate surface area is 219 Å². The summed E-state index contributed by atoms with van der Waals surface area (Å²) in [4.78, 5) is 19.2. The molecule has 8 rings (SSSR count). The quantitative estimate of drug-likeness (QED) is 0.419. The van der Waals surface area contributed by atoms with Gasteiger partial charge in [-0.2, -0.15) is 0 Å². The highest BCUT2D eigenvalue weighted by Gasteiger charge is 2.73. The first-order valence-corrected chi connectivity index (χ1v) is 13.8. The number of benzene rings is 2. The van der Waals surface area contributed by atoms with Crippen LogP contribution in [-0.4, -0.2) is 62.9 Å². The number of hydrogen-bond donors (Lipinski definition) is 4. The molecule has 2 aromatic carbocycles. The molecule has 0 radical (unpaired) electrons. The molecular weight excluding hydrogens is 490 g/mol. The fourth-order valence-corrected chi connectivity index (χ4v) is 8.40. The van der Waals surface area contributed by atoms with Crippen LogP contribution in [0.5, 0.6) is 11.5 Å². The van der Waals surface area contributed by atoms with E-state index in [1.165, 1.54) is 12.8 Å². The molecule has 1 saturated heterocycles. The van der Waals surface area contributed by atoms with E-state index in [4.69, 9.17) is 16.3 Å². The Morgan fingerprint density at radius 2 is 2.08 bits per heavy atom. The van der Waals surface area contributed by atoms with E-state index in [0.717, 1.165) is 48.4 Å². The minimum absolute atomic E-state index is 0.0161. The van der Waals surface area contributed by atoms with E-state index < -0.39 is 17.1 Å². The zero-order chi connectivity index (χ0) is 25.1. The van der Waals surface area contributed by atoms with E-state index in [-0.39, 0.29) is 23.7 Å². The first-order valence-electron chi connectivity index (χ1n) is 13.5. The van der Waals surface area contributed by atoms with E-state index in [1.54, 1.807) is 12.1 Å². The van der Waals surface area contributed by atoms with Gasteiger partial charge in [-0.1, -0.05) is 29.8 Å². The van der Waals surface area contributed by atoms with E-state index in [2.05, 4.69) is 15.2 Å².